The zero-order valence-electron chi connectivity index (χ0n) is 9.62. The molecule has 0 saturated heterocycles. The molecule has 19 heavy (non-hydrogen) atoms. The quantitative estimate of drug-likeness (QED) is 0.729. The molecule has 1 N–H and O–H groups in total. The third-order valence-corrected chi connectivity index (χ3v) is 3.02. The fourth-order valence-electron chi connectivity index (χ4n) is 1.93. The summed E-state index contributed by atoms with van der Waals surface area (Å²) in [7, 11) is 0. The van der Waals surface area contributed by atoms with Gasteiger partial charge in [-0.1, -0.05) is 41.9 Å². The van der Waals surface area contributed by atoms with Crippen LogP contribution in [0.2, 0.25) is 5.15 Å². The van der Waals surface area contributed by atoms with Crippen molar-refractivity contribution in [3.05, 3.63) is 53.4 Å². The normalized spacial score (nSPS) is 10.8. The Bertz CT molecular complexity index is 768. The standard InChI is InChI=1S/C13H8ClN3O2/c14-9-6-7-15-13-16-10(8-4-2-1-3-5-8)11(12(18)19)17(9)13/h1-7H,(H,18,19). The van der Waals surface area contributed by atoms with Crippen LogP contribution in [0.1, 0.15) is 10.5 Å². The Labute approximate surface area is 113 Å². The van der Waals surface area contributed by atoms with Gasteiger partial charge in [0.25, 0.3) is 0 Å². The van der Waals surface area contributed by atoms with E-state index in [2.05, 4.69) is 9.97 Å². The summed E-state index contributed by atoms with van der Waals surface area (Å²) < 4.78 is 1.33. The number of aromatic carboxylic acids is 1. The molecule has 0 amide bonds. The summed E-state index contributed by atoms with van der Waals surface area (Å²) in [6, 6.07) is 10.6. The van der Waals surface area contributed by atoms with Crippen LogP contribution >= 0.6 is 11.6 Å². The third kappa shape index (κ3) is 1.84. The number of carbonyl (C=O) groups is 1. The van der Waals surface area contributed by atoms with Crippen LogP contribution in [0.3, 0.4) is 0 Å². The highest BCUT2D eigenvalue weighted by molar-refractivity contribution is 6.30. The highest BCUT2D eigenvalue weighted by Gasteiger charge is 2.21. The average molecular weight is 274 g/mol. The number of carboxylic acids is 1. The Kier molecular flexibility index (Phi) is 2.68. The third-order valence-electron chi connectivity index (χ3n) is 2.73. The number of nitrogens with zero attached hydrogens (tertiary/aromatic N) is 3. The van der Waals surface area contributed by atoms with E-state index >= 15 is 0 Å². The van der Waals surface area contributed by atoms with Gasteiger partial charge in [-0.15, -0.1) is 0 Å². The molecule has 5 nitrogen and oxygen atoms in total. The van der Waals surface area contributed by atoms with Crippen molar-refractivity contribution in [2.75, 3.05) is 0 Å². The number of hydrogen-bond acceptors (Lipinski definition) is 3. The number of aromatic nitrogens is 3. The molecule has 3 aromatic rings. The van der Waals surface area contributed by atoms with Gasteiger partial charge >= 0.3 is 5.97 Å². The number of halogens is 1. The summed E-state index contributed by atoms with van der Waals surface area (Å²) in [6.45, 7) is 0. The summed E-state index contributed by atoms with van der Waals surface area (Å²) in [6.07, 6.45) is 1.49. The monoisotopic (exact) mass is 273 g/mol. The minimum absolute atomic E-state index is 0.0132. The largest absolute Gasteiger partial charge is 0.476 e. The molecule has 0 saturated carbocycles. The second-order valence-electron chi connectivity index (χ2n) is 3.88. The first-order valence-electron chi connectivity index (χ1n) is 5.50. The summed E-state index contributed by atoms with van der Waals surface area (Å²) in [5.41, 5.74) is 1.08. The fraction of sp³-hybridized carbons (Fsp3) is 0. The second kappa shape index (κ2) is 4.37. The van der Waals surface area contributed by atoms with Crippen LogP contribution in [0.5, 0.6) is 0 Å². The maximum absolute atomic E-state index is 11.5. The van der Waals surface area contributed by atoms with Crippen molar-refractivity contribution in [2.24, 2.45) is 0 Å². The topological polar surface area (TPSA) is 67.5 Å². The van der Waals surface area contributed by atoms with Gasteiger partial charge in [-0.05, 0) is 6.07 Å². The maximum Gasteiger partial charge on any atom is 0.355 e. The summed E-state index contributed by atoms with van der Waals surface area (Å²) >= 11 is 6.03. The van der Waals surface area contributed by atoms with Gasteiger partial charge in [0, 0.05) is 11.8 Å². The van der Waals surface area contributed by atoms with Crippen molar-refractivity contribution in [1.82, 2.24) is 14.4 Å². The molecule has 3 rings (SSSR count). The lowest BCUT2D eigenvalue weighted by Crippen LogP contribution is -2.04. The zero-order chi connectivity index (χ0) is 13.4. The average Bonchev–Trinajstić information content (AvgIpc) is 2.81. The van der Waals surface area contributed by atoms with Gasteiger partial charge < -0.3 is 5.11 Å². The van der Waals surface area contributed by atoms with Gasteiger partial charge in [0.2, 0.25) is 5.78 Å². The van der Waals surface area contributed by atoms with E-state index in [1.807, 2.05) is 18.2 Å². The smallest absolute Gasteiger partial charge is 0.355 e. The molecular weight excluding hydrogens is 266 g/mol. The Morgan fingerprint density at radius 1 is 1.21 bits per heavy atom. The Balaban J connectivity index is 2.40. The minimum Gasteiger partial charge on any atom is -0.476 e. The second-order valence-corrected chi connectivity index (χ2v) is 4.27. The highest BCUT2D eigenvalue weighted by Crippen LogP contribution is 2.25. The predicted octanol–water partition coefficient (Wildman–Crippen LogP) is 2.75. The van der Waals surface area contributed by atoms with E-state index in [0.29, 0.717) is 11.3 Å². The van der Waals surface area contributed by atoms with Crippen LogP contribution in [0.15, 0.2) is 42.6 Å². The molecule has 6 heteroatoms. The van der Waals surface area contributed by atoms with E-state index in [-0.39, 0.29) is 16.6 Å². The molecule has 94 valence electrons. The number of hydrogen-bond donors (Lipinski definition) is 1. The van der Waals surface area contributed by atoms with Crippen LogP contribution in [-0.2, 0) is 0 Å². The Morgan fingerprint density at radius 2 is 1.95 bits per heavy atom. The molecule has 0 fully saturated rings. The number of rotatable bonds is 2. The lowest BCUT2D eigenvalue weighted by molar-refractivity contribution is 0.0690. The van der Waals surface area contributed by atoms with Crippen molar-refractivity contribution in [3.8, 4) is 11.3 Å². The zero-order valence-corrected chi connectivity index (χ0v) is 10.4. The number of imidazole rings is 1. The number of benzene rings is 1. The van der Waals surface area contributed by atoms with E-state index in [1.165, 1.54) is 16.7 Å². The van der Waals surface area contributed by atoms with Gasteiger partial charge in [-0.25, -0.2) is 14.8 Å². The lowest BCUT2D eigenvalue weighted by Gasteiger charge is -2.01. The summed E-state index contributed by atoms with van der Waals surface area (Å²) in [5.74, 6) is -0.829. The van der Waals surface area contributed by atoms with Gasteiger partial charge in [0.05, 0.1) is 0 Å². The molecule has 0 radical (unpaired) electrons. The molecule has 0 aliphatic rings. The summed E-state index contributed by atoms with van der Waals surface area (Å²) in [5, 5.41) is 9.65. The first-order valence-corrected chi connectivity index (χ1v) is 5.88. The molecule has 0 bridgehead atoms. The SMILES string of the molecule is O=C(O)c1c(-c2ccccc2)nc2nccc(Cl)n12. The van der Waals surface area contributed by atoms with E-state index in [1.54, 1.807) is 12.1 Å². The van der Waals surface area contributed by atoms with Crippen molar-refractivity contribution >= 4 is 23.3 Å². The minimum atomic E-state index is -1.10. The van der Waals surface area contributed by atoms with E-state index in [0.717, 1.165) is 0 Å². The number of fused-ring (bicyclic) bond motifs is 1. The first kappa shape index (κ1) is 11.7. The van der Waals surface area contributed by atoms with Gasteiger partial charge in [0.1, 0.15) is 10.8 Å². The van der Waals surface area contributed by atoms with Gasteiger partial charge in [0.15, 0.2) is 5.69 Å². The molecule has 0 atom stereocenters. The van der Waals surface area contributed by atoms with Gasteiger partial charge in [-0.2, -0.15) is 0 Å². The Hall–Kier alpha value is -2.40. The fourth-order valence-corrected chi connectivity index (χ4v) is 2.15. The van der Waals surface area contributed by atoms with Crippen LogP contribution in [0.25, 0.3) is 17.0 Å². The molecular formula is C13H8ClN3O2. The van der Waals surface area contributed by atoms with E-state index < -0.39 is 5.97 Å². The summed E-state index contributed by atoms with van der Waals surface area (Å²) in [4.78, 5) is 19.8. The number of carboxylic acid groups (broad SMARTS) is 1. The first-order chi connectivity index (χ1) is 9.18. The molecule has 2 heterocycles. The molecule has 0 unspecified atom stereocenters. The molecule has 0 spiro atoms. The van der Waals surface area contributed by atoms with E-state index in [9.17, 15) is 9.90 Å². The van der Waals surface area contributed by atoms with Crippen molar-refractivity contribution < 1.29 is 9.90 Å². The van der Waals surface area contributed by atoms with E-state index in [4.69, 9.17) is 11.6 Å². The molecule has 1 aromatic carbocycles. The van der Waals surface area contributed by atoms with Crippen LogP contribution in [-0.4, -0.2) is 25.4 Å². The van der Waals surface area contributed by atoms with Crippen molar-refractivity contribution in [3.63, 3.8) is 0 Å². The van der Waals surface area contributed by atoms with Crippen molar-refractivity contribution in [2.45, 2.75) is 0 Å². The highest BCUT2D eigenvalue weighted by atomic mass is 35.5. The van der Waals surface area contributed by atoms with Gasteiger partial charge in [-0.3, -0.25) is 4.40 Å². The maximum atomic E-state index is 11.5. The predicted molar refractivity (Wildman–Crippen MR) is 70.4 cm³/mol. The molecule has 2 aromatic heterocycles. The van der Waals surface area contributed by atoms with Crippen LogP contribution in [0.4, 0.5) is 0 Å². The lowest BCUT2D eigenvalue weighted by atomic mass is 10.1. The molecule has 0 aliphatic heterocycles. The molecule has 0 aliphatic carbocycles. The Morgan fingerprint density at radius 3 is 2.63 bits per heavy atom. The van der Waals surface area contributed by atoms with Crippen LogP contribution in [0, 0.1) is 0 Å². The van der Waals surface area contributed by atoms with Crippen LogP contribution < -0.4 is 0 Å². The van der Waals surface area contributed by atoms with Crippen molar-refractivity contribution in [1.29, 1.82) is 0 Å².